The van der Waals surface area contributed by atoms with Crippen molar-refractivity contribution in [2.45, 2.75) is 6.42 Å². The standard InChI is InChI=1S/C13H20N2O5/c1-19-7-6-15-9-10(8-11(15)16)13(18)14-5-3-4-12(17)20-2/h3-4,10H,5-9H2,1-2H3,(H,14,18)/b4-3+. The summed E-state index contributed by atoms with van der Waals surface area (Å²) in [6.07, 6.45) is 2.96. The maximum absolute atomic E-state index is 11.9. The van der Waals surface area contributed by atoms with Crippen LogP contribution in [0.5, 0.6) is 0 Å². The van der Waals surface area contributed by atoms with E-state index >= 15 is 0 Å². The Balaban J connectivity index is 2.32. The van der Waals surface area contributed by atoms with Gasteiger partial charge in [-0.2, -0.15) is 0 Å². The largest absolute Gasteiger partial charge is 0.466 e. The van der Waals surface area contributed by atoms with Crippen molar-refractivity contribution in [3.8, 4) is 0 Å². The monoisotopic (exact) mass is 284 g/mol. The van der Waals surface area contributed by atoms with Gasteiger partial charge in [-0.1, -0.05) is 6.08 Å². The first-order valence-electron chi connectivity index (χ1n) is 6.37. The van der Waals surface area contributed by atoms with Crippen LogP contribution in [0, 0.1) is 5.92 Å². The third kappa shape index (κ3) is 5.00. The fourth-order valence-electron chi connectivity index (χ4n) is 1.89. The van der Waals surface area contributed by atoms with E-state index in [2.05, 4.69) is 10.1 Å². The Bertz CT molecular complexity index is 394. The molecule has 1 fully saturated rings. The van der Waals surface area contributed by atoms with Gasteiger partial charge in [0.2, 0.25) is 11.8 Å². The summed E-state index contributed by atoms with van der Waals surface area (Å²) in [6, 6.07) is 0. The molecular formula is C13H20N2O5. The van der Waals surface area contributed by atoms with Gasteiger partial charge in [0.25, 0.3) is 0 Å². The summed E-state index contributed by atoms with van der Waals surface area (Å²) in [5.74, 6) is -1.04. The molecule has 0 aromatic rings. The van der Waals surface area contributed by atoms with Gasteiger partial charge in [-0.3, -0.25) is 9.59 Å². The van der Waals surface area contributed by atoms with Crippen molar-refractivity contribution in [3.05, 3.63) is 12.2 Å². The van der Waals surface area contributed by atoms with E-state index in [9.17, 15) is 14.4 Å². The zero-order chi connectivity index (χ0) is 15.0. The van der Waals surface area contributed by atoms with Crippen LogP contribution in [0.4, 0.5) is 0 Å². The van der Waals surface area contributed by atoms with E-state index < -0.39 is 5.97 Å². The molecule has 1 saturated heterocycles. The first-order chi connectivity index (χ1) is 9.58. The number of hydrogen-bond donors (Lipinski definition) is 1. The van der Waals surface area contributed by atoms with Crippen LogP contribution in [0.1, 0.15) is 6.42 Å². The molecule has 1 heterocycles. The molecule has 0 spiro atoms. The topological polar surface area (TPSA) is 84.9 Å². The molecule has 7 nitrogen and oxygen atoms in total. The van der Waals surface area contributed by atoms with Gasteiger partial charge in [-0.15, -0.1) is 0 Å². The molecule has 1 atom stereocenters. The third-order valence-electron chi connectivity index (χ3n) is 3.00. The van der Waals surface area contributed by atoms with Crippen LogP contribution in [-0.2, 0) is 23.9 Å². The smallest absolute Gasteiger partial charge is 0.330 e. The minimum Gasteiger partial charge on any atom is -0.466 e. The summed E-state index contributed by atoms with van der Waals surface area (Å²) in [6.45, 7) is 1.61. The summed E-state index contributed by atoms with van der Waals surface area (Å²) in [7, 11) is 2.85. The molecule has 7 heteroatoms. The lowest BCUT2D eigenvalue weighted by molar-refractivity contribution is -0.135. The first kappa shape index (κ1) is 16.2. The van der Waals surface area contributed by atoms with Crippen LogP contribution in [0.3, 0.4) is 0 Å². The van der Waals surface area contributed by atoms with Crippen molar-refractivity contribution >= 4 is 17.8 Å². The molecule has 0 bridgehead atoms. The lowest BCUT2D eigenvalue weighted by Gasteiger charge is -2.15. The number of nitrogens with one attached hydrogen (secondary N) is 1. The quantitative estimate of drug-likeness (QED) is 0.495. The summed E-state index contributed by atoms with van der Waals surface area (Å²) in [4.78, 5) is 36.0. The second-order valence-corrected chi connectivity index (χ2v) is 4.40. The van der Waals surface area contributed by atoms with E-state index in [0.29, 0.717) is 19.7 Å². The van der Waals surface area contributed by atoms with Crippen molar-refractivity contribution in [1.82, 2.24) is 10.2 Å². The van der Waals surface area contributed by atoms with E-state index in [0.717, 1.165) is 0 Å². The Kier molecular flexibility index (Phi) is 6.72. The average Bonchev–Trinajstić information content (AvgIpc) is 2.82. The van der Waals surface area contributed by atoms with Gasteiger partial charge in [0.1, 0.15) is 0 Å². The van der Waals surface area contributed by atoms with Gasteiger partial charge >= 0.3 is 5.97 Å². The fourth-order valence-corrected chi connectivity index (χ4v) is 1.89. The predicted octanol–water partition coefficient (Wildman–Crippen LogP) is -0.673. The summed E-state index contributed by atoms with van der Waals surface area (Å²) in [5, 5.41) is 2.66. The molecule has 0 aromatic heterocycles. The number of carbonyl (C=O) groups excluding carboxylic acids is 3. The maximum Gasteiger partial charge on any atom is 0.330 e. The van der Waals surface area contributed by atoms with E-state index in [1.165, 1.54) is 19.3 Å². The van der Waals surface area contributed by atoms with Gasteiger partial charge in [0, 0.05) is 39.2 Å². The molecule has 112 valence electrons. The molecule has 0 radical (unpaired) electrons. The Morgan fingerprint density at radius 3 is 2.85 bits per heavy atom. The van der Waals surface area contributed by atoms with Crippen molar-refractivity contribution in [1.29, 1.82) is 0 Å². The van der Waals surface area contributed by atoms with E-state index in [-0.39, 0.29) is 30.7 Å². The Labute approximate surface area is 117 Å². The molecule has 1 aliphatic rings. The number of esters is 1. The Morgan fingerprint density at radius 2 is 2.20 bits per heavy atom. The number of methoxy groups -OCH3 is 2. The fraction of sp³-hybridized carbons (Fsp3) is 0.615. The molecule has 1 unspecified atom stereocenters. The maximum atomic E-state index is 11.9. The van der Waals surface area contributed by atoms with Gasteiger partial charge in [0.15, 0.2) is 0 Å². The lowest BCUT2D eigenvalue weighted by Crippen LogP contribution is -2.34. The molecule has 1 aliphatic heterocycles. The highest BCUT2D eigenvalue weighted by atomic mass is 16.5. The summed E-state index contributed by atoms with van der Waals surface area (Å²) < 4.78 is 9.33. The van der Waals surface area contributed by atoms with Crippen molar-refractivity contribution in [2.24, 2.45) is 5.92 Å². The van der Waals surface area contributed by atoms with Gasteiger partial charge in [0.05, 0.1) is 19.6 Å². The number of ether oxygens (including phenoxy) is 2. The average molecular weight is 284 g/mol. The molecule has 0 aromatic carbocycles. The molecule has 1 rings (SSSR count). The second kappa shape index (κ2) is 8.31. The highest BCUT2D eigenvalue weighted by Crippen LogP contribution is 2.17. The van der Waals surface area contributed by atoms with E-state index in [1.807, 2.05) is 0 Å². The number of amides is 2. The van der Waals surface area contributed by atoms with Crippen LogP contribution in [0.2, 0.25) is 0 Å². The molecule has 0 saturated carbocycles. The zero-order valence-electron chi connectivity index (χ0n) is 11.8. The summed E-state index contributed by atoms with van der Waals surface area (Å²) >= 11 is 0. The van der Waals surface area contributed by atoms with Crippen LogP contribution in [-0.4, -0.2) is 63.1 Å². The van der Waals surface area contributed by atoms with Crippen molar-refractivity contribution in [2.75, 3.05) is 40.5 Å². The van der Waals surface area contributed by atoms with Crippen LogP contribution >= 0.6 is 0 Å². The van der Waals surface area contributed by atoms with Crippen molar-refractivity contribution in [3.63, 3.8) is 0 Å². The molecule has 1 N–H and O–H groups in total. The summed E-state index contributed by atoms with van der Waals surface area (Å²) in [5.41, 5.74) is 0. The molecule has 20 heavy (non-hydrogen) atoms. The van der Waals surface area contributed by atoms with E-state index in [1.54, 1.807) is 12.0 Å². The number of rotatable bonds is 7. The Hall–Kier alpha value is -1.89. The lowest BCUT2D eigenvalue weighted by atomic mass is 10.1. The SMILES string of the molecule is COCCN1CC(C(=O)NC/C=C/C(=O)OC)CC1=O. The number of carbonyl (C=O) groups is 3. The first-order valence-corrected chi connectivity index (χ1v) is 6.37. The second-order valence-electron chi connectivity index (χ2n) is 4.40. The molecule has 0 aliphatic carbocycles. The van der Waals surface area contributed by atoms with Crippen LogP contribution in [0.25, 0.3) is 0 Å². The number of hydrogen-bond acceptors (Lipinski definition) is 5. The Morgan fingerprint density at radius 1 is 1.45 bits per heavy atom. The minimum atomic E-state index is -0.471. The normalized spacial score (nSPS) is 18.6. The minimum absolute atomic E-state index is 0.0349. The van der Waals surface area contributed by atoms with Gasteiger partial charge < -0.3 is 19.7 Å². The highest BCUT2D eigenvalue weighted by Gasteiger charge is 2.33. The molecular weight excluding hydrogens is 264 g/mol. The third-order valence-corrected chi connectivity index (χ3v) is 3.00. The molecule has 2 amide bonds. The number of nitrogens with zero attached hydrogens (tertiary/aromatic N) is 1. The predicted molar refractivity (Wildman–Crippen MR) is 70.7 cm³/mol. The van der Waals surface area contributed by atoms with E-state index in [4.69, 9.17) is 4.74 Å². The van der Waals surface area contributed by atoms with Gasteiger partial charge in [-0.05, 0) is 0 Å². The zero-order valence-corrected chi connectivity index (χ0v) is 11.8. The van der Waals surface area contributed by atoms with Crippen LogP contribution in [0.15, 0.2) is 12.2 Å². The highest BCUT2D eigenvalue weighted by molar-refractivity contribution is 5.89. The number of likely N-dealkylation sites (tertiary alicyclic amines) is 1. The van der Waals surface area contributed by atoms with Crippen molar-refractivity contribution < 1.29 is 23.9 Å². The van der Waals surface area contributed by atoms with Gasteiger partial charge in [-0.25, -0.2) is 4.79 Å². The van der Waals surface area contributed by atoms with Crippen LogP contribution < -0.4 is 5.32 Å².